The lowest BCUT2D eigenvalue weighted by Gasteiger charge is -2.39. The van der Waals surface area contributed by atoms with Crippen LogP contribution in [0.4, 0.5) is 11.4 Å². The van der Waals surface area contributed by atoms with Gasteiger partial charge in [0.1, 0.15) is 0 Å². The smallest absolute Gasteiger partial charge is 0.250 e. The summed E-state index contributed by atoms with van der Waals surface area (Å²) in [5.74, 6) is -0.459. The Morgan fingerprint density at radius 3 is 2.38 bits per heavy atom. The van der Waals surface area contributed by atoms with Crippen molar-refractivity contribution in [1.82, 2.24) is 4.90 Å². The van der Waals surface area contributed by atoms with Crippen LogP contribution in [-0.2, 0) is 0 Å². The number of piperazine rings is 1. The lowest BCUT2D eigenvalue weighted by Crippen LogP contribution is -2.49. The van der Waals surface area contributed by atoms with Gasteiger partial charge in [0.15, 0.2) is 0 Å². The van der Waals surface area contributed by atoms with Crippen molar-refractivity contribution < 1.29 is 4.79 Å². The first kappa shape index (κ1) is 14.2. The molecule has 5 heteroatoms. The molecule has 2 fully saturated rings. The van der Waals surface area contributed by atoms with Gasteiger partial charge in [-0.3, -0.25) is 9.69 Å². The number of nitrogens with two attached hydrogens (primary N) is 2. The Labute approximate surface area is 125 Å². The van der Waals surface area contributed by atoms with Crippen molar-refractivity contribution in [1.29, 1.82) is 0 Å². The molecule has 3 rings (SSSR count). The molecule has 1 heterocycles. The van der Waals surface area contributed by atoms with Crippen LogP contribution in [0.2, 0.25) is 0 Å². The maximum absolute atomic E-state index is 11.4. The second kappa shape index (κ2) is 5.93. The summed E-state index contributed by atoms with van der Waals surface area (Å²) in [7, 11) is 0. The summed E-state index contributed by atoms with van der Waals surface area (Å²) in [5.41, 5.74) is 13.1. The van der Waals surface area contributed by atoms with Crippen LogP contribution in [0.5, 0.6) is 0 Å². The topological polar surface area (TPSA) is 75.6 Å². The molecule has 0 spiro atoms. The summed E-state index contributed by atoms with van der Waals surface area (Å²) in [6.07, 6.45) is 5.47. The average Bonchev–Trinajstić information content (AvgIpc) is 3.02. The first-order valence-electron chi connectivity index (χ1n) is 7.83. The van der Waals surface area contributed by atoms with Gasteiger partial charge in [-0.2, -0.15) is 0 Å². The molecule has 1 saturated carbocycles. The molecule has 5 nitrogen and oxygen atoms in total. The molecule has 1 saturated heterocycles. The minimum Gasteiger partial charge on any atom is -0.398 e. The fourth-order valence-electron chi connectivity index (χ4n) is 3.57. The molecule has 114 valence electrons. The molecule has 2 aliphatic rings. The van der Waals surface area contributed by atoms with E-state index in [1.165, 1.54) is 25.7 Å². The van der Waals surface area contributed by atoms with Crippen LogP contribution in [-0.4, -0.2) is 43.0 Å². The lowest BCUT2D eigenvalue weighted by molar-refractivity contribution is 0.100. The molecule has 0 aromatic heterocycles. The number of benzene rings is 1. The SMILES string of the molecule is NC(=O)c1cc(N2CCN(C3CCCC3)CC2)ccc1N. The maximum atomic E-state index is 11.4. The van der Waals surface area contributed by atoms with Crippen LogP contribution in [0, 0.1) is 0 Å². The van der Waals surface area contributed by atoms with Gasteiger partial charge in [-0.25, -0.2) is 0 Å². The molecule has 1 aliphatic carbocycles. The van der Waals surface area contributed by atoms with Crippen LogP contribution in [0.3, 0.4) is 0 Å². The molecule has 0 radical (unpaired) electrons. The largest absolute Gasteiger partial charge is 0.398 e. The highest BCUT2D eigenvalue weighted by atomic mass is 16.1. The number of hydrogen-bond acceptors (Lipinski definition) is 4. The van der Waals surface area contributed by atoms with Gasteiger partial charge < -0.3 is 16.4 Å². The molecule has 1 aromatic carbocycles. The quantitative estimate of drug-likeness (QED) is 0.825. The normalized spacial score (nSPS) is 20.9. The average molecular weight is 288 g/mol. The van der Waals surface area contributed by atoms with E-state index in [1.807, 2.05) is 12.1 Å². The minimum atomic E-state index is -0.459. The van der Waals surface area contributed by atoms with Crippen molar-refractivity contribution in [3.8, 4) is 0 Å². The van der Waals surface area contributed by atoms with E-state index in [9.17, 15) is 4.79 Å². The fourth-order valence-corrected chi connectivity index (χ4v) is 3.57. The van der Waals surface area contributed by atoms with Crippen molar-refractivity contribution in [2.24, 2.45) is 5.73 Å². The summed E-state index contributed by atoms with van der Waals surface area (Å²) in [4.78, 5) is 16.3. The second-order valence-electron chi connectivity index (χ2n) is 6.10. The van der Waals surface area contributed by atoms with E-state index in [2.05, 4.69) is 9.80 Å². The number of carbonyl (C=O) groups is 1. The van der Waals surface area contributed by atoms with Gasteiger partial charge >= 0.3 is 0 Å². The molecular formula is C16H24N4O. The Hall–Kier alpha value is -1.75. The summed E-state index contributed by atoms with van der Waals surface area (Å²) >= 11 is 0. The first-order valence-corrected chi connectivity index (χ1v) is 7.83. The summed E-state index contributed by atoms with van der Waals surface area (Å²) in [6.45, 7) is 4.19. The molecular weight excluding hydrogens is 264 g/mol. The molecule has 1 aliphatic heterocycles. The van der Waals surface area contributed by atoms with Crippen molar-refractivity contribution in [2.75, 3.05) is 36.8 Å². The van der Waals surface area contributed by atoms with Crippen molar-refractivity contribution in [2.45, 2.75) is 31.7 Å². The van der Waals surface area contributed by atoms with Crippen molar-refractivity contribution >= 4 is 17.3 Å². The third kappa shape index (κ3) is 2.97. The highest BCUT2D eigenvalue weighted by molar-refractivity contribution is 5.99. The number of anilines is 2. The van der Waals surface area contributed by atoms with E-state index in [4.69, 9.17) is 11.5 Å². The predicted octanol–water partition coefficient (Wildman–Crippen LogP) is 1.43. The summed E-state index contributed by atoms with van der Waals surface area (Å²) < 4.78 is 0. The van der Waals surface area contributed by atoms with Gasteiger partial charge in [0.25, 0.3) is 5.91 Å². The van der Waals surface area contributed by atoms with Gasteiger partial charge in [0, 0.05) is 43.6 Å². The number of amides is 1. The van der Waals surface area contributed by atoms with Crippen molar-refractivity contribution in [3.63, 3.8) is 0 Å². The van der Waals surface area contributed by atoms with Gasteiger partial charge in [-0.1, -0.05) is 12.8 Å². The van der Waals surface area contributed by atoms with Gasteiger partial charge in [0.2, 0.25) is 0 Å². The van der Waals surface area contributed by atoms with Crippen LogP contribution >= 0.6 is 0 Å². The van der Waals surface area contributed by atoms with Crippen LogP contribution in [0.25, 0.3) is 0 Å². The Bertz CT molecular complexity index is 517. The molecule has 0 atom stereocenters. The summed E-state index contributed by atoms with van der Waals surface area (Å²) in [5, 5.41) is 0. The van der Waals surface area contributed by atoms with E-state index < -0.39 is 5.91 Å². The highest BCUT2D eigenvalue weighted by Gasteiger charge is 2.26. The molecule has 0 unspecified atom stereocenters. The lowest BCUT2D eigenvalue weighted by atomic mass is 10.1. The van der Waals surface area contributed by atoms with Crippen LogP contribution in [0.15, 0.2) is 18.2 Å². The van der Waals surface area contributed by atoms with E-state index in [1.54, 1.807) is 6.07 Å². The van der Waals surface area contributed by atoms with E-state index in [0.29, 0.717) is 11.3 Å². The number of carbonyl (C=O) groups excluding carboxylic acids is 1. The monoisotopic (exact) mass is 288 g/mol. The third-order valence-corrected chi connectivity index (χ3v) is 4.82. The van der Waals surface area contributed by atoms with Gasteiger partial charge in [-0.05, 0) is 31.0 Å². The zero-order valence-electron chi connectivity index (χ0n) is 12.4. The highest BCUT2D eigenvalue weighted by Crippen LogP contribution is 2.26. The zero-order valence-corrected chi connectivity index (χ0v) is 12.4. The maximum Gasteiger partial charge on any atom is 0.250 e. The van der Waals surface area contributed by atoms with E-state index in [-0.39, 0.29) is 0 Å². The Kier molecular flexibility index (Phi) is 4.01. The molecule has 0 bridgehead atoms. The van der Waals surface area contributed by atoms with Gasteiger partial charge in [0.05, 0.1) is 5.56 Å². The number of primary amides is 1. The molecule has 4 N–H and O–H groups in total. The van der Waals surface area contributed by atoms with Crippen LogP contribution in [0.1, 0.15) is 36.0 Å². The first-order chi connectivity index (χ1) is 10.1. The van der Waals surface area contributed by atoms with Crippen molar-refractivity contribution in [3.05, 3.63) is 23.8 Å². The second-order valence-corrected chi connectivity index (χ2v) is 6.10. The molecule has 1 aromatic rings. The molecule has 1 amide bonds. The zero-order chi connectivity index (χ0) is 14.8. The standard InChI is InChI=1S/C16H24N4O/c17-15-6-5-13(11-14(15)16(18)21)20-9-7-19(8-10-20)12-3-1-2-4-12/h5-6,11-12H,1-4,7-10,17H2,(H2,18,21). The van der Waals surface area contributed by atoms with Crippen LogP contribution < -0.4 is 16.4 Å². The predicted molar refractivity (Wildman–Crippen MR) is 85.4 cm³/mol. The third-order valence-electron chi connectivity index (χ3n) is 4.82. The Morgan fingerprint density at radius 1 is 1.10 bits per heavy atom. The molecule has 21 heavy (non-hydrogen) atoms. The Morgan fingerprint density at radius 2 is 1.76 bits per heavy atom. The number of nitrogens with zero attached hydrogens (tertiary/aromatic N) is 2. The van der Waals surface area contributed by atoms with Gasteiger partial charge in [-0.15, -0.1) is 0 Å². The van der Waals surface area contributed by atoms with E-state index in [0.717, 1.165) is 37.9 Å². The Balaban J connectivity index is 1.66. The minimum absolute atomic E-state index is 0.422. The number of rotatable bonds is 3. The number of hydrogen-bond donors (Lipinski definition) is 2. The summed E-state index contributed by atoms with van der Waals surface area (Å²) in [6, 6.07) is 6.37. The van der Waals surface area contributed by atoms with E-state index >= 15 is 0 Å². The number of nitrogen functional groups attached to an aromatic ring is 1. The fraction of sp³-hybridized carbons (Fsp3) is 0.562.